The molecule has 0 radical (unpaired) electrons. The zero-order valence-corrected chi connectivity index (χ0v) is 12.2. The summed E-state index contributed by atoms with van der Waals surface area (Å²) in [4.78, 5) is 17.2. The Morgan fingerprint density at radius 2 is 2.48 bits per heavy atom. The van der Waals surface area contributed by atoms with Gasteiger partial charge < -0.3 is 10.6 Å². The maximum absolute atomic E-state index is 12.1. The van der Waals surface area contributed by atoms with Gasteiger partial charge in [-0.1, -0.05) is 6.07 Å². The first-order valence-electron chi connectivity index (χ1n) is 6.72. The van der Waals surface area contributed by atoms with Crippen LogP contribution in [0.5, 0.6) is 0 Å². The molecule has 0 aromatic carbocycles. The molecule has 21 heavy (non-hydrogen) atoms. The summed E-state index contributed by atoms with van der Waals surface area (Å²) >= 11 is 1.49. The molecule has 2 N–H and O–H groups in total. The number of rotatable bonds is 3. The van der Waals surface area contributed by atoms with Crippen molar-refractivity contribution < 1.29 is 4.79 Å². The molecule has 0 spiro atoms. The number of nitriles is 1. The molecule has 1 aliphatic heterocycles. The number of thiophene rings is 1. The topological polar surface area (TPSA) is 77.8 Å². The van der Waals surface area contributed by atoms with Gasteiger partial charge in [-0.2, -0.15) is 5.26 Å². The van der Waals surface area contributed by atoms with Crippen molar-refractivity contribution in [3.05, 3.63) is 46.1 Å². The lowest BCUT2D eigenvalue weighted by Crippen LogP contribution is -2.22. The molecular weight excluding hydrogens is 284 g/mol. The molecule has 3 heterocycles. The Bertz CT molecular complexity index is 702. The third-order valence-corrected chi connectivity index (χ3v) is 4.53. The number of aromatic nitrogens is 1. The van der Waals surface area contributed by atoms with Gasteiger partial charge in [0.1, 0.15) is 11.1 Å². The lowest BCUT2D eigenvalue weighted by atomic mass is 10.1. The molecule has 3 rings (SSSR count). The van der Waals surface area contributed by atoms with Crippen molar-refractivity contribution in [2.75, 3.05) is 11.9 Å². The van der Waals surface area contributed by atoms with E-state index >= 15 is 0 Å². The fraction of sp³-hybridized carbons (Fsp3) is 0.267. The van der Waals surface area contributed by atoms with Gasteiger partial charge >= 0.3 is 0 Å². The highest BCUT2D eigenvalue weighted by Crippen LogP contribution is 2.34. The summed E-state index contributed by atoms with van der Waals surface area (Å²) in [6.07, 6.45) is 4.45. The maximum Gasteiger partial charge on any atom is 0.229 e. The molecule has 0 atom stereocenters. The maximum atomic E-state index is 12.1. The summed E-state index contributed by atoms with van der Waals surface area (Å²) in [5.74, 6) is -0.119. The minimum Gasteiger partial charge on any atom is -0.316 e. The first-order valence-corrected chi connectivity index (χ1v) is 7.53. The van der Waals surface area contributed by atoms with Crippen molar-refractivity contribution in [1.29, 1.82) is 5.26 Å². The van der Waals surface area contributed by atoms with E-state index < -0.39 is 0 Å². The van der Waals surface area contributed by atoms with Crippen LogP contribution >= 0.6 is 11.3 Å². The summed E-state index contributed by atoms with van der Waals surface area (Å²) in [7, 11) is 0. The fourth-order valence-corrected chi connectivity index (χ4v) is 3.58. The number of fused-ring (bicyclic) bond motifs is 1. The molecule has 0 saturated carbocycles. The van der Waals surface area contributed by atoms with E-state index in [4.69, 9.17) is 0 Å². The highest BCUT2D eigenvalue weighted by atomic mass is 32.1. The van der Waals surface area contributed by atoms with Gasteiger partial charge in [-0.05, 0) is 30.2 Å². The van der Waals surface area contributed by atoms with E-state index in [-0.39, 0.29) is 12.3 Å². The van der Waals surface area contributed by atoms with E-state index in [1.165, 1.54) is 11.3 Å². The van der Waals surface area contributed by atoms with Crippen LogP contribution < -0.4 is 10.6 Å². The van der Waals surface area contributed by atoms with Crippen LogP contribution in [-0.4, -0.2) is 17.4 Å². The Morgan fingerprint density at radius 1 is 1.57 bits per heavy atom. The predicted molar refractivity (Wildman–Crippen MR) is 81.0 cm³/mol. The Hall–Kier alpha value is -2.23. The second-order valence-electron chi connectivity index (χ2n) is 4.83. The molecule has 6 heteroatoms. The number of hydrogen-bond acceptors (Lipinski definition) is 5. The summed E-state index contributed by atoms with van der Waals surface area (Å²) < 4.78 is 0. The van der Waals surface area contributed by atoms with Gasteiger partial charge in [0.25, 0.3) is 0 Å². The number of pyridine rings is 1. The van der Waals surface area contributed by atoms with E-state index in [1.807, 2.05) is 6.07 Å². The fourth-order valence-electron chi connectivity index (χ4n) is 2.40. The number of nitrogens with zero attached hydrogens (tertiary/aromatic N) is 2. The molecular formula is C15H14N4OS. The van der Waals surface area contributed by atoms with Crippen LogP contribution in [0.25, 0.3) is 0 Å². The van der Waals surface area contributed by atoms with Gasteiger partial charge in [-0.3, -0.25) is 9.78 Å². The molecule has 1 aliphatic rings. The molecule has 2 aromatic heterocycles. The van der Waals surface area contributed by atoms with Crippen LogP contribution in [-0.2, 0) is 24.2 Å². The highest BCUT2D eigenvalue weighted by molar-refractivity contribution is 7.16. The third kappa shape index (κ3) is 2.94. The lowest BCUT2D eigenvalue weighted by Gasteiger charge is -2.11. The Labute approximate surface area is 126 Å². The van der Waals surface area contributed by atoms with Gasteiger partial charge in [-0.15, -0.1) is 11.3 Å². The number of carbonyl (C=O) groups excluding carboxylic acids is 1. The van der Waals surface area contributed by atoms with Crippen molar-refractivity contribution in [1.82, 2.24) is 10.3 Å². The average Bonchev–Trinajstić information content (AvgIpc) is 2.85. The van der Waals surface area contributed by atoms with Crippen LogP contribution in [0.2, 0.25) is 0 Å². The van der Waals surface area contributed by atoms with Crippen molar-refractivity contribution in [3.8, 4) is 6.07 Å². The van der Waals surface area contributed by atoms with Crippen LogP contribution in [0.4, 0.5) is 5.00 Å². The van der Waals surface area contributed by atoms with Crippen LogP contribution in [0.3, 0.4) is 0 Å². The van der Waals surface area contributed by atoms with Crippen LogP contribution in [0.15, 0.2) is 24.5 Å². The third-order valence-electron chi connectivity index (χ3n) is 3.38. The number of anilines is 1. The van der Waals surface area contributed by atoms with E-state index in [2.05, 4.69) is 21.7 Å². The largest absolute Gasteiger partial charge is 0.316 e. The normalized spacial score (nSPS) is 13.3. The summed E-state index contributed by atoms with van der Waals surface area (Å²) in [5, 5.41) is 16.2. The van der Waals surface area contributed by atoms with E-state index in [0.717, 1.165) is 35.5 Å². The van der Waals surface area contributed by atoms with Crippen molar-refractivity contribution in [3.63, 3.8) is 0 Å². The predicted octanol–water partition coefficient (Wildman–Crippen LogP) is 1.84. The Kier molecular flexibility index (Phi) is 3.95. The summed E-state index contributed by atoms with van der Waals surface area (Å²) in [6.45, 7) is 1.65. The number of carbonyl (C=O) groups is 1. The molecule has 0 bridgehead atoms. The SMILES string of the molecule is N#Cc1c(NC(=O)Cc2cccnc2)sc2c1CCNC2. The molecule has 0 saturated heterocycles. The van der Waals surface area contributed by atoms with Gasteiger partial charge in [0.2, 0.25) is 5.91 Å². The van der Waals surface area contributed by atoms with E-state index in [1.54, 1.807) is 18.5 Å². The van der Waals surface area contributed by atoms with Gasteiger partial charge in [0.05, 0.1) is 12.0 Å². The standard InChI is InChI=1S/C15H14N4OS/c16-7-12-11-3-5-18-9-13(11)21-15(12)19-14(20)6-10-2-1-4-17-8-10/h1-2,4,8,18H,3,5-6,9H2,(H,19,20). The molecule has 0 fully saturated rings. The first-order chi connectivity index (χ1) is 10.3. The second-order valence-corrected chi connectivity index (χ2v) is 5.94. The van der Waals surface area contributed by atoms with Gasteiger partial charge in [-0.25, -0.2) is 0 Å². The molecule has 0 aliphatic carbocycles. The first kappa shape index (κ1) is 13.7. The number of nitrogens with one attached hydrogen (secondary N) is 2. The molecule has 1 amide bonds. The highest BCUT2D eigenvalue weighted by Gasteiger charge is 2.21. The molecule has 2 aromatic rings. The van der Waals surface area contributed by atoms with Crippen LogP contribution in [0.1, 0.15) is 21.6 Å². The summed E-state index contributed by atoms with van der Waals surface area (Å²) in [6, 6.07) is 5.90. The van der Waals surface area contributed by atoms with Crippen molar-refractivity contribution >= 4 is 22.2 Å². The number of hydrogen-bond donors (Lipinski definition) is 2. The van der Waals surface area contributed by atoms with Gasteiger partial charge in [0, 0.05) is 23.8 Å². The summed E-state index contributed by atoms with van der Waals surface area (Å²) in [5.41, 5.74) is 2.56. The monoisotopic (exact) mass is 298 g/mol. The number of amides is 1. The lowest BCUT2D eigenvalue weighted by molar-refractivity contribution is -0.115. The molecule has 106 valence electrons. The smallest absolute Gasteiger partial charge is 0.229 e. The van der Waals surface area contributed by atoms with E-state index in [0.29, 0.717) is 10.6 Å². The van der Waals surface area contributed by atoms with Crippen LogP contribution in [0, 0.1) is 11.3 Å². The zero-order valence-electron chi connectivity index (χ0n) is 11.3. The average molecular weight is 298 g/mol. The quantitative estimate of drug-likeness (QED) is 0.906. The van der Waals surface area contributed by atoms with E-state index in [9.17, 15) is 10.1 Å². The minimum atomic E-state index is -0.119. The zero-order chi connectivity index (χ0) is 14.7. The van der Waals surface area contributed by atoms with Crippen molar-refractivity contribution in [2.24, 2.45) is 0 Å². The molecule has 5 nitrogen and oxygen atoms in total. The van der Waals surface area contributed by atoms with Gasteiger partial charge in [0.15, 0.2) is 0 Å². The molecule has 0 unspecified atom stereocenters. The Morgan fingerprint density at radius 3 is 3.24 bits per heavy atom. The van der Waals surface area contributed by atoms with Crippen molar-refractivity contribution in [2.45, 2.75) is 19.4 Å². The Balaban J connectivity index is 1.77. The minimum absolute atomic E-state index is 0.119. The second kappa shape index (κ2) is 6.04.